The fraction of sp³-hybridized carbons (Fsp3) is 0.500. The van der Waals surface area contributed by atoms with E-state index in [4.69, 9.17) is 0 Å². The molecule has 0 atom stereocenters. The molecule has 0 bridgehead atoms. The van der Waals surface area contributed by atoms with E-state index in [0.29, 0.717) is 0 Å². The first kappa shape index (κ1) is 9.96. The number of rotatable bonds is 0. The predicted octanol–water partition coefficient (Wildman–Crippen LogP) is -1.31. The highest BCUT2D eigenvalue weighted by Crippen LogP contribution is 2.19. The van der Waals surface area contributed by atoms with Gasteiger partial charge in [0.2, 0.25) is 0 Å². The van der Waals surface area contributed by atoms with Crippen molar-refractivity contribution >= 4 is 0 Å². The normalized spacial score (nSPS) is 14.8. The zero-order valence-corrected chi connectivity index (χ0v) is 9.52. The second kappa shape index (κ2) is 4.21. The summed E-state index contributed by atoms with van der Waals surface area (Å²) in [6.07, 6.45) is 7.46. The van der Waals surface area contributed by atoms with Gasteiger partial charge >= 0.3 is 0 Å². The third kappa shape index (κ3) is 1.97. The molecule has 1 N–H and O–H groups in total. The Hall–Kier alpha value is -0.120. The number of aromatic amines is 1. The van der Waals surface area contributed by atoms with Crippen molar-refractivity contribution in [3.05, 3.63) is 29.1 Å². The zero-order chi connectivity index (χ0) is 7.68. The first-order chi connectivity index (χ1) is 5.36. The van der Waals surface area contributed by atoms with Gasteiger partial charge in [-0.2, -0.15) is 0 Å². The molecule has 1 aliphatic carbocycles. The molecule has 0 spiro atoms. The molecule has 0 radical (unpaired) electrons. The van der Waals surface area contributed by atoms with Crippen molar-refractivity contribution in [2.45, 2.75) is 32.6 Å². The van der Waals surface area contributed by atoms with Gasteiger partial charge in [0.05, 0.1) is 0 Å². The Morgan fingerprint density at radius 1 is 1.17 bits per heavy atom. The molecule has 1 aromatic heterocycles. The number of H-pyrrole nitrogens is 1. The number of halogens is 1. The van der Waals surface area contributed by atoms with E-state index in [1.165, 1.54) is 36.9 Å². The summed E-state index contributed by atoms with van der Waals surface area (Å²) < 4.78 is 0. The average Bonchev–Trinajstić information content (AvgIpc) is 2.04. The third-order valence-electron chi connectivity index (χ3n) is 2.42. The van der Waals surface area contributed by atoms with Gasteiger partial charge in [0, 0.05) is 18.6 Å². The maximum absolute atomic E-state index is 3.26. The fourth-order valence-electron chi connectivity index (χ4n) is 1.79. The summed E-state index contributed by atoms with van der Waals surface area (Å²) in [6.45, 7) is 2.12. The number of nitrogens with one attached hydrogen (secondary N) is 1. The molecule has 0 amide bonds. The summed E-state index contributed by atoms with van der Waals surface area (Å²) in [5.74, 6) is 0. The van der Waals surface area contributed by atoms with Crippen molar-refractivity contribution in [3.8, 4) is 0 Å². The van der Waals surface area contributed by atoms with Crippen LogP contribution in [0.3, 0.4) is 0 Å². The van der Waals surface area contributed by atoms with Gasteiger partial charge in [0.1, 0.15) is 0 Å². The van der Waals surface area contributed by atoms with Crippen LogP contribution in [-0.4, -0.2) is 0 Å². The lowest BCUT2D eigenvalue weighted by Crippen LogP contribution is -3.00. The lowest BCUT2D eigenvalue weighted by Gasteiger charge is -2.12. The fourth-order valence-corrected chi connectivity index (χ4v) is 1.79. The van der Waals surface area contributed by atoms with E-state index in [0.717, 1.165) is 0 Å². The van der Waals surface area contributed by atoms with Gasteiger partial charge in [-0.1, -0.05) is 0 Å². The molecule has 1 nitrogen and oxygen atoms in total. The molecule has 2 rings (SSSR count). The summed E-state index contributed by atoms with van der Waals surface area (Å²) in [5, 5.41) is 0. The molecule has 66 valence electrons. The van der Waals surface area contributed by atoms with Crippen LogP contribution in [0.5, 0.6) is 0 Å². The highest BCUT2D eigenvalue weighted by Gasteiger charge is 2.11. The number of hydrogen-bond donors (Lipinski definition) is 0. The second-order valence-electron chi connectivity index (χ2n) is 3.37. The Labute approximate surface area is 90.6 Å². The molecule has 0 saturated heterocycles. The first-order valence-corrected chi connectivity index (χ1v) is 4.36. The molecule has 1 aliphatic rings. The maximum Gasteiger partial charge on any atom is 0.176 e. The van der Waals surface area contributed by atoms with Crippen molar-refractivity contribution in [2.75, 3.05) is 0 Å². The van der Waals surface area contributed by atoms with Gasteiger partial charge < -0.3 is 24.0 Å². The van der Waals surface area contributed by atoms with Gasteiger partial charge in [-0.25, -0.2) is 4.98 Å². The van der Waals surface area contributed by atoms with Crippen molar-refractivity contribution in [1.29, 1.82) is 0 Å². The number of hydrogen-bond acceptors (Lipinski definition) is 0. The van der Waals surface area contributed by atoms with Crippen LogP contribution in [0.1, 0.15) is 29.7 Å². The topological polar surface area (TPSA) is 14.1 Å². The van der Waals surface area contributed by atoms with Crippen LogP contribution in [0.2, 0.25) is 0 Å². The molecule has 1 aromatic rings. The van der Waals surface area contributed by atoms with Gasteiger partial charge in [-0.05, 0) is 31.2 Å². The molecule has 0 unspecified atom stereocenters. The predicted molar refractivity (Wildman–Crippen MR) is 44.4 cm³/mol. The molecular formula is C10H14IN. The number of fused-ring (bicyclic) bond motifs is 1. The molecule has 12 heavy (non-hydrogen) atoms. The highest BCUT2D eigenvalue weighted by atomic mass is 127. The summed E-state index contributed by atoms with van der Waals surface area (Å²) in [4.78, 5) is 3.26. The Kier molecular flexibility index (Phi) is 3.50. The molecule has 0 aromatic carbocycles. The summed E-state index contributed by atoms with van der Waals surface area (Å²) in [6, 6.07) is 2.29. The van der Waals surface area contributed by atoms with Crippen LogP contribution in [0.4, 0.5) is 0 Å². The quantitative estimate of drug-likeness (QED) is 0.522. The van der Waals surface area contributed by atoms with Gasteiger partial charge in [-0.3, -0.25) is 0 Å². The Balaban J connectivity index is 0.000000720. The molecule has 0 aliphatic heterocycles. The van der Waals surface area contributed by atoms with Crippen molar-refractivity contribution in [1.82, 2.24) is 0 Å². The van der Waals surface area contributed by atoms with Gasteiger partial charge in [-0.15, -0.1) is 0 Å². The third-order valence-corrected chi connectivity index (χ3v) is 2.42. The molecular weight excluding hydrogens is 261 g/mol. The van der Waals surface area contributed by atoms with Gasteiger partial charge in [0.15, 0.2) is 11.9 Å². The zero-order valence-electron chi connectivity index (χ0n) is 7.36. The average molecular weight is 275 g/mol. The standard InChI is InChI=1S/C10H13N.HI/c1-8-6-9-4-2-3-5-10(9)7-11-8;/h6-7H,2-5H2,1H3;1H. The monoisotopic (exact) mass is 275 g/mol. The van der Waals surface area contributed by atoms with E-state index in [1.54, 1.807) is 5.56 Å². The van der Waals surface area contributed by atoms with E-state index < -0.39 is 0 Å². The largest absolute Gasteiger partial charge is 1.00 e. The minimum atomic E-state index is 0. The summed E-state index contributed by atoms with van der Waals surface area (Å²) in [5.41, 5.74) is 4.38. The van der Waals surface area contributed by atoms with Crippen LogP contribution < -0.4 is 29.0 Å². The summed E-state index contributed by atoms with van der Waals surface area (Å²) >= 11 is 0. The van der Waals surface area contributed by atoms with E-state index >= 15 is 0 Å². The van der Waals surface area contributed by atoms with E-state index in [-0.39, 0.29) is 24.0 Å². The van der Waals surface area contributed by atoms with Crippen molar-refractivity contribution < 1.29 is 29.0 Å². The highest BCUT2D eigenvalue weighted by molar-refractivity contribution is 5.25. The number of aryl methyl sites for hydroxylation is 3. The van der Waals surface area contributed by atoms with Crippen LogP contribution in [0, 0.1) is 6.92 Å². The van der Waals surface area contributed by atoms with E-state index in [2.05, 4.69) is 24.2 Å². The second-order valence-corrected chi connectivity index (χ2v) is 3.37. The maximum atomic E-state index is 3.26. The van der Waals surface area contributed by atoms with E-state index in [9.17, 15) is 0 Å². The number of aromatic nitrogens is 1. The van der Waals surface area contributed by atoms with Crippen LogP contribution in [-0.2, 0) is 12.8 Å². The molecule has 2 heteroatoms. The lowest BCUT2D eigenvalue weighted by atomic mass is 9.93. The molecule has 1 heterocycles. The lowest BCUT2D eigenvalue weighted by molar-refractivity contribution is -0.388. The Morgan fingerprint density at radius 2 is 1.83 bits per heavy atom. The van der Waals surface area contributed by atoms with E-state index in [1.807, 2.05) is 0 Å². The minimum absolute atomic E-state index is 0. The smallest absolute Gasteiger partial charge is 0.176 e. The first-order valence-electron chi connectivity index (χ1n) is 4.36. The Morgan fingerprint density at radius 3 is 2.58 bits per heavy atom. The minimum Gasteiger partial charge on any atom is -1.00 e. The van der Waals surface area contributed by atoms with Crippen molar-refractivity contribution in [2.24, 2.45) is 0 Å². The SMILES string of the molecule is Cc1cc2c(c[nH+]1)CCCC2.[I-]. The van der Waals surface area contributed by atoms with Crippen molar-refractivity contribution in [3.63, 3.8) is 0 Å². The molecule has 0 fully saturated rings. The van der Waals surface area contributed by atoms with Crippen LogP contribution in [0.15, 0.2) is 12.3 Å². The van der Waals surface area contributed by atoms with Gasteiger partial charge in [0.25, 0.3) is 0 Å². The van der Waals surface area contributed by atoms with Crippen LogP contribution >= 0.6 is 0 Å². The number of pyridine rings is 1. The van der Waals surface area contributed by atoms with Crippen LogP contribution in [0.25, 0.3) is 0 Å². The summed E-state index contributed by atoms with van der Waals surface area (Å²) in [7, 11) is 0. The molecule has 0 saturated carbocycles. The Bertz CT molecular complexity index is 271.